The van der Waals surface area contributed by atoms with E-state index < -0.39 is 29.7 Å². The Kier molecular flexibility index (Phi) is 9.25. The van der Waals surface area contributed by atoms with Gasteiger partial charge in [-0.25, -0.2) is 4.79 Å². The standard InChI is InChI=1S/C25H32N2O5/c1-18(28)31-17-21(15-19-11-7-5-8-12-19)26-23(29)22(16-20-13-9-6-10-14-20)27-24(30)32-25(2,3)4/h5-14,21-22H,15-17H2,1-4H3,(H,26,29)(H,27,30)/t21?,22-/m0/s1. The van der Waals surface area contributed by atoms with Crippen LogP contribution in [-0.4, -0.2) is 42.3 Å². The number of hydrogen-bond acceptors (Lipinski definition) is 5. The van der Waals surface area contributed by atoms with E-state index in [1.54, 1.807) is 20.8 Å². The summed E-state index contributed by atoms with van der Waals surface area (Å²) in [6.07, 6.45) is 0.0928. The van der Waals surface area contributed by atoms with Crippen molar-refractivity contribution in [2.75, 3.05) is 6.61 Å². The third-order valence-electron chi connectivity index (χ3n) is 4.45. The lowest BCUT2D eigenvalue weighted by Gasteiger charge is -2.25. The highest BCUT2D eigenvalue weighted by molar-refractivity contribution is 5.86. The minimum absolute atomic E-state index is 0.0282. The Morgan fingerprint density at radius 1 is 0.844 bits per heavy atom. The van der Waals surface area contributed by atoms with Gasteiger partial charge in [-0.15, -0.1) is 0 Å². The van der Waals surface area contributed by atoms with Crippen LogP contribution in [0.1, 0.15) is 38.8 Å². The molecule has 2 rings (SSSR count). The molecule has 0 bridgehead atoms. The lowest BCUT2D eigenvalue weighted by atomic mass is 10.0. The first kappa shape index (κ1) is 24.9. The normalized spacial score (nSPS) is 12.9. The van der Waals surface area contributed by atoms with Gasteiger partial charge in [0.05, 0.1) is 6.04 Å². The van der Waals surface area contributed by atoms with Crippen LogP contribution >= 0.6 is 0 Å². The Bertz CT molecular complexity index is 878. The molecular weight excluding hydrogens is 408 g/mol. The van der Waals surface area contributed by atoms with Crippen LogP contribution in [0.2, 0.25) is 0 Å². The number of benzene rings is 2. The van der Waals surface area contributed by atoms with Gasteiger partial charge in [0.1, 0.15) is 18.2 Å². The van der Waals surface area contributed by atoms with Crippen molar-refractivity contribution in [1.29, 1.82) is 0 Å². The van der Waals surface area contributed by atoms with Crippen LogP contribution in [0.5, 0.6) is 0 Å². The SMILES string of the molecule is CC(=O)OCC(Cc1ccccc1)NC(=O)[C@H](Cc1ccccc1)NC(=O)OC(C)(C)C. The first-order chi connectivity index (χ1) is 15.1. The maximum absolute atomic E-state index is 13.2. The summed E-state index contributed by atoms with van der Waals surface area (Å²) in [6.45, 7) is 6.62. The Balaban J connectivity index is 2.15. The van der Waals surface area contributed by atoms with Crippen molar-refractivity contribution in [2.24, 2.45) is 0 Å². The molecule has 2 aromatic rings. The van der Waals surface area contributed by atoms with Crippen molar-refractivity contribution in [2.45, 2.75) is 58.2 Å². The van der Waals surface area contributed by atoms with E-state index in [-0.39, 0.29) is 18.9 Å². The highest BCUT2D eigenvalue weighted by Crippen LogP contribution is 2.10. The molecule has 0 spiro atoms. The number of carbonyl (C=O) groups excluding carboxylic acids is 3. The van der Waals surface area contributed by atoms with E-state index in [1.807, 2.05) is 60.7 Å². The van der Waals surface area contributed by atoms with Crippen LogP contribution in [0.3, 0.4) is 0 Å². The average Bonchev–Trinajstić information content (AvgIpc) is 2.71. The lowest BCUT2D eigenvalue weighted by molar-refractivity contribution is -0.142. The van der Waals surface area contributed by atoms with Gasteiger partial charge >= 0.3 is 12.1 Å². The Morgan fingerprint density at radius 2 is 1.38 bits per heavy atom. The van der Waals surface area contributed by atoms with E-state index >= 15 is 0 Å². The number of carbonyl (C=O) groups is 3. The minimum Gasteiger partial charge on any atom is -0.464 e. The fourth-order valence-corrected chi connectivity index (χ4v) is 3.08. The molecule has 7 heteroatoms. The van der Waals surface area contributed by atoms with E-state index in [4.69, 9.17) is 9.47 Å². The Hall–Kier alpha value is -3.35. The molecule has 2 N–H and O–H groups in total. The zero-order valence-electron chi connectivity index (χ0n) is 19.1. The maximum atomic E-state index is 13.2. The molecule has 2 atom stereocenters. The molecule has 0 radical (unpaired) electrons. The van der Waals surface area contributed by atoms with Crippen molar-refractivity contribution in [3.05, 3.63) is 71.8 Å². The van der Waals surface area contributed by atoms with Crippen molar-refractivity contribution in [3.63, 3.8) is 0 Å². The minimum atomic E-state index is -0.858. The molecule has 0 heterocycles. The molecule has 0 fully saturated rings. The fourth-order valence-electron chi connectivity index (χ4n) is 3.08. The van der Waals surface area contributed by atoms with E-state index in [9.17, 15) is 14.4 Å². The molecule has 2 amide bonds. The molecule has 1 unspecified atom stereocenters. The number of rotatable bonds is 9. The van der Waals surface area contributed by atoms with Crippen LogP contribution in [0.25, 0.3) is 0 Å². The summed E-state index contributed by atoms with van der Waals surface area (Å²) in [4.78, 5) is 36.9. The first-order valence-corrected chi connectivity index (χ1v) is 10.6. The molecule has 0 aromatic heterocycles. The molecule has 2 aromatic carbocycles. The van der Waals surface area contributed by atoms with Crippen LogP contribution < -0.4 is 10.6 Å². The first-order valence-electron chi connectivity index (χ1n) is 10.6. The summed E-state index contributed by atoms with van der Waals surface area (Å²) in [5, 5.41) is 5.60. The van der Waals surface area contributed by atoms with Gasteiger partial charge in [0, 0.05) is 13.3 Å². The molecule has 32 heavy (non-hydrogen) atoms. The monoisotopic (exact) mass is 440 g/mol. The molecule has 0 aliphatic heterocycles. The predicted molar refractivity (Wildman–Crippen MR) is 122 cm³/mol. The average molecular weight is 441 g/mol. The molecule has 172 valence electrons. The lowest BCUT2D eigenvalue weighted by Crippen LogP contribution is -2.53. The second-order valence-electron chi connectivity index (χ2n) is 8.59. The second-order valence-corrected chi connectivity index (χ2v) is 8.59. The number of alkyl carbamates (subject to hydrolysis) is 1. The van der Waals surface area contributed by atoms with Crippen molar-refractivity contribution in [3.8, 4) is 0 Å². The maximum Gasteiger partial charge on any atom is 0.408 e. The van der Waals surface area contributed by atoms with Crippen LogP contribution in [0.4, 0.5) is 4.79 Å². The number of hydrogen-bond donors (Lipinski definition) is 2. The van der Waals surface area contributed by atoms with Crippen LogP contribution in [-0.2, 0) is 31.9 Å². The number of nitrogens with one attached hydrogen (secondary N) is 2. The molecule has 0 aliphatic rings. The Labute approximate surface area is 189 Å². The molecule has 0 saturated heterocycles. The topological polar surface area (TPSA) is 93.7 Å². The number of amides is 2. The fraction of sp³-hybridized carbons (Fsp3) is 0.400. The van der Waals surface area contributed by atoms with Gasteiger partial charge in [-0.05, 0) is 38.3 Å². The highest BCUT2D eigenvalue weighted by Gasteiger charge is 2.27. The Morgan fingerprint density at radius 3 is 1.88 bits per heavy atom. The van der Waals surface area contributed by atoms with E-state index in [2.05, 4.69) is 10.6 Å². The van der Waals surface area contributed by atoms with Crippen molar-refractivity contribution >= 4 is 18.0 Å². The van der Waals surface area contributed by atoms with Gasteiger partial charge in [-0.3, -0.25) is 9.59 Å². The predicted octanol–water partition coefficient (Wildman–Crippen LogP) is 3.41. The van der Waals surface area contributed by atoms with Crippen LogP contribution in [0, 0.1) is 0 Å². The summed E-state index contributed by atoms with van der Waals surface area (Å²) < 4.78 is 10.5. The summed E-state index contributed by atoms with van der Waals surface area (Å²) in [5.74, 6) is -0.808. The third kappa shape index (κ3) is 9.64. The summed E-state index contributed by atoms with van der Waals surface area (Å²) >= 11 is 0. The highest BCUT2D eigenvalue weighted by atomic mass is 16.6. The molecule has 0 aliphatic carbocycles. The number of esters is 1. The van der Waals surface area contributed by atoms with Gasteiger partial charge in [-0.2, -0.15) is 0 Å². The zero-order chi connectivity index (χ0) is 23.6. The van der Waals surface area contributed by atoms with Gasteiger partial charge in [-0.1, -0.05) is 60.7 Å². The van der Waals surface area contributed by atoms with Crippen molar-refractivity contribution < 1.29 is 23.9 Å². The van der Waals surface area contributed by atoms with E-state index in [1.165, 1.54) is 6.92 Å². The molecular formula is C25H32N2O5. The van der Waals surface area contributed by atoms with Gasteiger partial charge in [0.25, 0.3) is 0 Å². The smallest absolute Gasteiger partial charge is 0.408 e. The summed E-state index contributed by atoms with van der Waals surface area (Å²) in [5.41, 5.74) is 1.19. The van der Waals surface area contributed by atoms with Gasteiger partial charge < -0.3 is 20.1 Å². The van der Waals surface area contributed by atoms with Gasteiger partial charge in [0.2, 0.25) is 5.91 Å². The van der Waals surface area contributed by atoms with E-state index in [0.29, 0.717) is 6.42 Å². The van der Waals surface area contributed by atoms with E-state index in [0.717, 1.165) is 11.1 Å². The molecule has 7 nitrogen and oxygen atoms in total. The second kappa shape index (κ2) is 11.9. The van der Waals surface area contributed by atoms with Crippen molar-refractivity contribution in [1.82, 2.24) is 10.6 Å². The summed E-state index contributed by atoms with van der Waals surface area (Å²) in [7, 11) is 0. The number of ether oxygens (including phenoxy) is 2. The quantitative estimate of drug-likeness (QED) is 0.583. The largest absolute Gasteiger partial charge is 0.464 e. The van der Waals surface area contributed by atoms with Gasteiger partial charge in [0.15, 0.2) is 0 Å². The molecule has 0 saturated carbocycles. The summed E-state index contributed by atoms with van der Waals surface area (Å²) in [6, 6.07) is 17.7. The third-order valence-corrected chi connectivity index (χ3v) is 4.45. The van der Waals surface area contributed by atoms with Crippen LogP contribution in [0.15, 0.2) is 60.7 Å². The zero-order valence-corrected chi connectivity index (χ0v) is 19.1.